The van der Waals surface area contributed by atoms with Gasteiger partial charge >= 0.3 is 5.97 Å². The lowest BCUT2D eigenvalue weighted by Crippen LogP contribution is -2.30. The van der Waals surface area contributed by atoms with E-state index in [1.807, 2.05) is 0 Å². The van der Waals surface area contributed by atoms with Crippen LogP contribution in [0.3, 0.4) is 0 Å². The predicted molar refractivity (Wildman–Crippen MR) is 56.3 cm³/mol. The number of rotatable bonds is 5. The van der Waals surface area contributed by atoms with E-state index in [-0.39, 0.29) is 5.97 Å². The van der Waals surface area contributed by atoms with Crippen LogP contribution in [0.2, 0.25) is 0 Å². The van der Waals surface area contributed by atoms with Crippen LogP contribution in [0.5, 0.6) is 0 Å². The Morgan fingerprint density at radius 3 is 2.93 bits per heavy atom. The highest BCUT2D eigenvalue weighted by molar-refractivity contribution is 5.85. The van der Waals surface area contributed by atoms with E-state index in [0.29, 0.717) is 12.0 Å². The molecule has 15 heavy (non-hydrogen) atoms. The monoisotopic (exact) mass is 208 g/mol. The Balaban J connectivity index is 2.04. The summed E-state index contributed by atoms with van der Waals surface area (Å²) in [5, 5.41) is 0. The van der Waals surface area contributed by atoms with Gasteiger partial charge in [0.1, 0.15) is 5.60 Å². The van der Waals surface area contributed by atoms with Gasteiger partial charge in [-0.3, -0.25) is 0 Å². The van der Waals surface area contributed by atoms with Gasteiger partial charge in [0, 0.05) is 12.5 Å². The van der Waals surface area contributed by atoms with Crippen LogP contribution in [0.4, 0.5) is 0 Å². The van der Waals surface area contributed by atoms with E-state index in [1.54, 1.807) is 12.2 Å². The summed E-state index contributed by atoms with van der Waals surface area (Å²) in [5.41, 5.74) is -0.594. The molecule has 82 valence electrons. The van der Waals surface area contributed by atoms with Crippen LogP contribution in [0, 0.1) is 5.92 Å². The topological polar surface area (TPSA) is 38.8 Å². The number of esters is 1. The Labute approximate surface area is 89.8 Å². The van der Waals surface area contributed by atoms with Gasteiger partial charge in [-0.15, -0.1) is 0 Å². The van der Waals surface area contributed by atoms with Crippen molar-refractivity contribution in [2.45, 2.75) is 31.5 Å². The molecule has 0 N–H and O–H groups in total. The lowest BCUT2D eigenvalue weighted by atomic mass is 9.87. The molecule has 0 amide bonds. The van der Waals surface area contributed by atoms with Gasteiger partial charge in [-0.2, -0.15) is 0 Å². The third-order valence-electron chi connectivity index (χ3n) is 3.13. The minimum Gasteiger partial charge on any atom is -0.447 e. The normalized spacial score (nSPS) is 35.0. The number of ether oxygens (including phenoxy) is 2. The predicted octanol–water partition coefficient (Wildman–Crippen LogP) is 1.84. The van der Waals surface area contributed by atoms with Crippen LogP contribution in [0.1, 0.15) is 19.8 Å². The molecule has 2 aliphatic heterocycles. The highest BCUT2D eigenvalue weighted by atomic mass is 16.6. The van der Waals surface area contributed by atoms with Gasteiger partial charge in [0.05, 0.1) is 12.7 Å². The number of cyclic esters (lactones) is 1. The summed E-state index contributed by atoms with van der Waals surface area (Å²) >= 11 is 0. The molecule has 1 saturated heterocycles. The van der Waals surface area contributed by atoms with E-state index in [9.17, 15) is 4.79 Å². The zero-order valence-corrected chi connectivity index (χ0v) is 8.94. The van der Waals surface area contributed by atoms with E-state index >= 15 is 0 Å². The Kier molecular flexibility index (Phi) is 2.65. The SMILES string of the molecule is C=C[C@@]1(C[C@@H](CC)[C@H]2CO2)C=CC(=O)O1. The van der Waals surface area contributed by atoms with Gasteiger partial charge in [0.25, 0.3) is 0 Å². The molecule has 0 spiro atoms. The molecule has 2 heterocycles. The van der Waals surface area contributed by atoms with E-state index in [4.69, 9.17) is 9.47 Å². The average Bonchev–Trinajstić information content (AvgIpc) is 3.01. The molecule has 2 rings (SSSR count). The molecular formula is C12H16O3. The summed E-state index contributed by atoms with van der Waals surface area (Å²) in [6, 6.07) is 0. The molecule has 0 bridgehead atoms. The fourth-order valence-electron chi connectivity index (χ4n) is 2.04. The van der Waals surface area contributed by atoms with Crippen molar-refractivity contribution < 1.29 is 14.3 Å². The minimum atomic E-state index is -0.594. The summed E-state index contributed by atoms with van der Waals surface area (Å²) in [5.74, 6) is 0.167. The lowest BCUT2D eigenvalue weighted by Gasteiger charge is -2.26. The first-order chi connectivity index (χ1) is 7.19. The third kappa shape index (κ3) is 2.12. The molecule has 0 aromatic heterocycles. The Hall–Kier alpha value is -1.09. The number of epoxide rings is 1. The van der Waals surface area contributed by atoms with Crippen LogP contribution in [0.25, 0.3) is 0 Å². The summed E-state index contributed by atoms with van der Waals surface area (Å²) in [6.45, 7) is 6.71. The maximum Gasteiger partial charge on any atom is 0.331 e. The Morgan fingerprint density at radius 2 is 2.53 bits per heavy atom. The van der Waals surface area contributed by atoms with Gasteiger partial charge in [0.15, 0.2) is 0 Å². The average molecular weight is 208 g/mol. The maximum absolute atomic E-state index is 11.1. The van der Waals surface area contributed by atoms with Crippen LogP contribution < -0.4 is 0 Å². The first kappa shape index (κ1) is 10.4. The van der Waals surface area contributed by atoms with Crippen molar-refractivity contribution in [3.05, 3.63) is 24.8 Å². The van der Waals surface area contributed by atoms with Crippen LogP contribution in [0.15, 0.2) is 24.8 Å². The number of hydrogen-bond acceptors (Lipinski definition) is 3. The third-order valence-corrected chi connectivity index (χ3v) is 3.13. The number of hydrogen-bond donors (Lipinski definition) is 0. The van der Waals surface area contributed by atoms with Crippen molar-refractivity contribution in [3.63, 3.8) is 0 Å². The summed E-state index contributed by atoms with van der Waals surface area (Å²) < 4.78 is 10.6. The molecule has 3 nitrogen and oxygen atoms in total. The first-order valence-electron chi connectivity index (χ1n) is 5.36. The maximum atomic E-state index is 11.1. The summed E-state index contributed by atoms with van der Waals surface area (Å²) in [7, 11) is 0. The minimum absolute atomic E-state index is 0.276. The summed E-state index contributed by atoms with van der Waals surface area (Å²) in [4.78, 5) is 11.1. The quantitative estimate of drug-likeness (QED) is 0.393. The second-order valence-corrected chi connectivity index (χ2v) is 4.16. The van der Waals surface area contributed by atoms with Crippen LogP contribution in [-0.2, 0) is 14.3 Å². The highest BCUT2D eigenvalue weighted by Gasteiger charge is 2.40. The van der Waals surface area contributed by atoms with Crippen molar-refractivity contribution in [1.29, 1.82) is 0 Å². The van der Waals surface area contributed by atoms with Gasteiger partial charge in [-0.25, -0.2) is 4.79 Å². The molecule has 0 aliphatic carbocycles. The van der Waals surface area contributed by atoms with Crippen molar-refractivity contribution in [3.8, 4) is 0 Å². The van der Waals surface area contributed by atoms with Gasteiger partial charge in [-0.05, 0) is 18.1 Å². The molecular weight excluding hydrogens is 192 g/mol. The largest absolute Gasteiger partial charge is 0.447 e. The standard InChI is InChI=1S/C12H16O3/c1-3-9(10-8-14-10)7-12(4-2)6-5-11(13)15-12/h4-6,9-10H,2-3,7-8H2,1H3/t9-,10-,12+/m1/s1. The van der Waals surface area contributed by atoms with E-state index in [2.05, 4.69) is 13.5 Å². The summed E-state index contributed by atoms with van der Waals surface area (Å²) in [6.07, 6.45) is 7.14. The van der Waals surface area contributed by atoms with Crippen LogP contribution in [-0.4, -0.2) is 24.3 Å². The van der Waals surface area contributed by atoms with E-state index < -0.39 is 5.60 Å². The van der Waals surface area contributed by atoms with Gasteiger partial charge in [-0.1, -0.05) is 19.9 Å². The Morgan fingerprint density at radius 1 is 1.80 bits per heavy atom. The number of carbonyl (C=O) groups is 1. The van der Waals surface area contributed by atoms with Crippen molar-refractivity contribution in [1.82, 2.24) is 0 Å². The second-order valence-electron chi connectivity index (χ2n) is 4.16. The van der Waals surface area contributed by atoms with Gasteiger partial charge < -0.3 is 9.47 Å². The van der Waals surface area contributed by atoms with Crippen LogP contribution >= 0.6 is 0 Å². The highest BCUT2D eigenvalue weighted by Crippen LogP contribution is 2.35. The first-order valence-corrected chi connectivity index (χ1v) is 5.36. The molecule has 3 atom stereocenters. The molecule has 0 aromatic carbocycles. The number of carbonyl (C=O) groups excluding carboxylic acids is 1. The fourth-order valence-corrected chi connectivity index (χ4v) is 2.04. The molecule has 2 aliphatic rings. The molecule has 0 aromatic rings. The fraction of sp³-hybridized carbons (Fsp3) is 0.583. The van der Waals surface area contributed by atoms with Crippen molar-refractivity contribution >= 4 is 5.97 Å². The van der Waals surface area contributed by atoms with Crippen molar-refractivity contribution in [2.24, 2.45) is 5.92 Å². The Bertz CT molecular complexity index is 304. The van der Waals surface area contributed by atoms with E-state index in [1.165, 1.54) is 6.08 Å². The molecule has 0 saturated carbocycles. The molecule has 0 radical (unpaired) electrons. The molecule has 0 unspecified atom stereocenters. The van der Waals surface area contributed by atoms with Gasteiger partial charge in [0.2, 0.25) is 0 Å². The molecule has 1 fully saturated rings. The zero-order chi connectivity index (χ0) is 10.9. The van der Waals surface area contributed by atoms with Crippen molar-refractivity contribution in [2.75, 3.05) is 6.61 Å². The molecule has 3 heteroatoms. The lowest BCUT2D eigenvalue weighted by molar-refractivity contribution is -0.143. The zero-order valence-electron chi connectivity index (χ0n) is 8.94. The van der Waals surface area contributed by atoms with E-state index in [0.717, 1.165) is 19.4 Å². The smallest absolute Gasteiger partial charge is 0.331 e. The second kappa shape index (κ2) is 3.81.